The quantitative estimate of drug-likeness (QED) is 0.187. The Hall–Kier alpha value is -7.04. The highest BCUT2D eigenvalue weighted by atomic mass is 16.3. The van der Waals surface area contributed by atoms with Gasteiger partial charge in [0.25, 0.3) is 0 Å². The van der Waals surface area contributed by atoms with Crippen LogP contribution in [0.5, 0.6) is 0 Å². The summed E-state index contributed by atoms with van der Waals surface area (Å²) >= 11 is 0. The molecule has 0 saturated carbocycles. The van der Waals surface area contributed by atoms with Crippen molar-refractivity contribution in [2.75, 3.05) is 0 Å². The lowest BCUT2D eigenvalue weighted by molar-refractivity contribution is 0.652. The van der Waals surface area contributed by atoms with Crippen LogP contribution in [0.3, 0.4) is 0 Å². The predicted molar refractivity (Wildman–Crippen MR) is 215 cm³/mol. The first-order valence-electron chi connectivity index (χ1n) is 18.0. The van der Waals surface area contributed by atoms with Crippen LogP contribution < -0.4 is 0 Å². The van der Waals surface area contributed by atoms with E-state index in [0.717, 1.165) is 72.1 Å². The van der Waals surface area contributed by atoms with Gasteiger partial charge in [0.15, 0.2) is 0 Å². The number of hydrogen-bond acceptors (Lipinski definition) is 4. The van der Waals surface area contributed by atoms with Crippen LogP contribution in [-0.4, -0.2) is 9.97 Å². The molecule has 3 aromatic heterocycles. The summed E-state index contributed by atoms with van der Waals surface area (Å²) in [6, 6.07) is 57.7. The van der Waals surface area contributed by atoms with Crippen molar-refractivity contribution < 1.29 is 8.83 Å². The maximum absolute atomic E-state index is 7.09. The van der Waals surface area contributed by atoms with Gasteiger partial charge in [-0.25, -0.2) is 9.97 Å². The summed E-state index contributed by atoms with van der Waals surface area (Å²) in [6.07, 6.45) is 0. The van der Waals surface area contributed by atoms with Gasteiger partial charge >= 0.3 is 0 Å². The number of hydrogen-bond donors (Lipinski definition) is 0. The van der Waals surface area contributed by atoms with Crippen LogP contribution in [0.15, 0.2) is 173 Å². The Kier molecular flexibility index (Phi) is 5.80. The van der Waals surface area contributed by atoms with Crippen molar-refractivity contribution in [2.24, 2.45) is 0 Å². The Bertz CT molecular complexity index is 3300. The van der Waals surface area contributed by atoms with E-state index in [4.69, 9.17) is 18.8 Å². The minimum absolute atomic E-state index is 0.263. The zero-order valence-corrected chi connectivity index (χ0v) is 28.4. The maximum atomic E-state index is 7.09. The zero-order chi connectivity index (χ0) is 34.6. The lowest BCUT2D eigenvalue weighted by Crippen LogP contribution is -2.07. The highest BCUT2D eigenvalue weighted by molar-refractivity contribution is 6.30. The summed E-state index contributed by atoms with van der Waals surface area (Å²) in [5.41, 5.74) is 13.5. The van der Waals surface area contributed by atoms with E-state index in [-0.39, 0.29) is 5.92 Å². The summed E-state index contributed by atoms with van der Waals surface area (Å²) in [4.78, 5) is 11.0. The molecule has 0 saturated heterocycles. The van der Waals surface area contributed by atoms with Crippen LogP contribution in [0.25, 0.3) is 99.2 Å². The molecule has 12 rings (SSSR count). The third kappa shape index (κ3) is 4.00. The van der Waals surface area contributed by atoms with Gasteiger partial charge in [-0.05, 0) is 73.6 Å². The Morgan fingerprint density at radius 1 is 0.472 bits per heavy atom. The maximum Gasteiger partial charge on any atom is 0.246 e. The first kappa shape index (κ1) is 28.6. The zero-order valence-electron chi connectivity index (χ0n) is 28.4. The SMILES string of the molecule is c1ccc(-c2cccc(-c3nc4oc5ccccc5c4nc3C3c4ccccc4-c4c3c3oc5ccc6ccccc6c5c3c3ccccc43)c2)cc1. The first-order chi connectivity index (χ1) is 26.3. The van der Waals surface area contributed by atoms with Crippen LogP contribution >= 0.6 is 0 Å². The fourth-order valence-electron chi connectivity index (χ4n) is 8.90. The summed E-state index contributed by atoms with van der Waals surface area (Å²) in [5.74, 6) is -0.263. The second kappa shape index (κ2) is 10.7. The number of nitrogens with zero attached hydrogens (tertiary/aromatic N) is 2. The lowest BCUT2D eigenvalue weighted by atomic mass is 9.87. The predicted octanol–water partition coefficient (Wildman–Crippen LogP) is 13.1. The standard InChI is InChI=1S/C49H28N2O2/c1-2-13-28(14-3-1)30-16-12-17-31(27-30)45-47(50-46-37-23-10-11-24-38(37)53-49(46)51-45)42-35-21-8-6-19-33(35)40-34-20-7-9-22-36(34)43-41-32-18-5-4-15-29(32)25-26-39(41)52-48(43)44(40)42/h1-27,42H. The monoisotopic (exact) mass is 676 g/mol. The summed E-state index contributed by atoms with van der Waals surface area (Å²) < 4.78 is 13.5. The Labute approximate surface area is 303 Å². The number of fused-ring (bicyclic) bond motifs is 15. The lowest BCUT2D eigenvalue weighted by Gasteiger charge is -2.18. The minimum Gasteiger partial charge on any atom is -0.456 e. The van der Waals surface area contributed by atoms with E-state index in [0.29, 0.717) is 5.71 Å². The molecule has 1 aliphatic rings. The number of aromatic nitrogens is 2. The van der Waals surface area contributed by atoms with E-state index in [1.54, 1.807) is 0 Å². The third-order valence-electron chi connectivity index (χ3n) is 11.1. The smallest absolute Gasteiger partial charge is 0.246 e. The van der Waals surface area contributed by atoms with Gasteiger partial charge in [0, 0.05) is 27.3 Å². The molecule has 8 aromatic carbocycles. The molecule has 4 nitrogen and oxygen atoms in total. The van der Waals surface area contributed by atoms with Gasteiger partial charge in [-0.2, -0.15) is 0 Å². The molecule has 4 heteroatoms. The molecule has 1 aliphatic carbocycles. The average molecular weight is 677 g/mol. The van der Waals surface area contributed by atoms with Gasteiger partial charge < -0.3 is 8.83 Å². The molecular weight excluding hydrogens is 649 g/mol. The van der Waals surface area contributed by atoms with E-state index in [9.17, 15) is 0 Å². The fourth-order valence-corrected chi connectivity index (χ4v) is 8.90. The van der Waals surface area contributed by atoms with E-state index >= 15 is 0 Å². The van der Waals surface area contributed by atoms with Crippen molar-refractivity contribution in [3.05, 3.63) is 181 Å². The molecule has 3 heterocycles. The van der Waals surface area contributed by atoms with Crippen molar-refractivity contribution in [3.63, 3.8) is 0 Å². The minimum atomic E-state index is -0.263. The van der Waals surface area contributed by atoms with Gasteiger partial charge in [0.05, 0.1) is 17.3 Å². The summed E-state index contributed by atoms with van der Waals surface area (Å²) in [6.45, 7) is 0. The highest BCUT2D eigenvalue weighted by Crippen LogP contribution is 2.56. The molecule has 246 valence electrons. The first-order valence-corrected chi connectivity index (χ1v) is 18.0. The fraction of sp³-hybridized carbons (Fsp3) is 0.0204. The Morgan fingerprint density at radius 3 is 2.09 bits per heavy atom. The number of para-hydroxylation sites is 1. The van der Waals surface area contributed by atoms with Crippen LogP contribution in [0, 0.1) is 0 Å². The van der Waals surface area contributed by atoms with Gasteiger partial charge in [-0.1, -0.05) is 140 Å². The van der Waals surface area contributed by atoms with Crippen LogP contribution in [0.4, 0.5) is 0 Å². The molecule has 0 radical (unpaired) electrons. The van der Waals surface area contributed by atoms with Crippen LogP contribution in [0.1, 0.15) is 22.7 Å². The van der Waals surface area contributed by atoms with Crippen molar-refractivity contribution in [1.82, 2.24) is 9.97 Å². The largest absolute Gasteiger partial charge is 0.456 e. The summed E-state index contributed by atoms with van der Waals surface area (Å²) in [5, 5.41) is 8.00. The van der Waals surface area contributed by atoms with Crippen LogP contribution in [0.2, 0.25) is 0 Å². The van der Waals surface area contributed by atoms with E-state index in [1.807, 2.05) is 24.3 Å². The summed E-state index contributed by atoms with van der Waals surface area (Å²) in [7, 11) is 0. The van der Waals surface area contributed by atoms with Gasteiger partial charge in [-0.15, -0.1) is 0 Å². The molecule has 0 amide bonds. The molecule has 1 unspecified atom stereocenters. The number of benzene rings is 8. The molecule has 0 spiro atoms. The van der Waals surface area contributed by atoms with E-state index in [2.05, 4.69) is 140 Å². The molecule has 53 heavy (non-hydrogen) atoms. The Morgan fingerprint density at radius 2 is 1.19 bits per heavy atom. The highest BCUT2D eigenvalue weighted by Gasteiger charge is 2.39. The number of rotatable bonds is 3. The van der Waals surface area contributed by atoms with Crippen molar-refractivity contribution >= 4 is 65.7 Å². The normalized spacial score (nSPS) is 13.8. The molecule has 0 fully saturated rings. The second-order valence-electron chi connectivity index (χ2n) is 14.0. The molecule has 0 aliphatic heterocycles. The van der Waals surface area contributed by atoms with Gasteiger partial charge in [0.2, 0.25) is 5.71 Å². The molecule has 1 atom stereocenters. The molecule has 11 aromatic rings. The van der Waals surface area contributed by atoms with Crippen molar-refractivity contribution in [3.8, 4) is 33.5 Å². The topological polar surface area (TPSA) is 52.1 Å². The van der Waals surface area contributed by atoms with Gasteiger partial charge in [-0.3, -0.25) is 0 Å². The molecular formula is C49H28N2O2. The van der Waals surface area contributed by atoms with Crippen molar-refractivity contribution in [1.29, 1.82) is 0 Å². The van der Waals surface area contributed by atoms with Crippen LogP contribution in [-0.2, 0) is 0 Å². The molecule has 0 bridgehead atoms. The second-order valence-corrected chi connectivity index (χ2v) is 14.0. The average Bonchev–Trinajstić information content (AvgIpc) is 3.91. The Balaban J connectivity index is 1.24. The van der Waals surface area contributed by atoms with Crippen molar-refractivity contribution in [2.45, 2.75) is 5.92 Å². The number of furan rings is 2. The van der Waals surface area contributed by atoms with E-state index in [1.165, 1.54) is 38.2 Å². The van der Waals surface area contributed by atoms with Gasteiger partial charge in [0.1, 0.15) is 22.3 Å². The van der Waals surface area contributed by atoms with E-state index < -0.39 is 0 Å². The molecule has 0 N–H and O–H groups in total. The third-order valence-corrected chi connectivity index (χ3v) is 11.1.